The first-order valence-electron chi connectivity index (χ1n) is 6.50. The molecule has 0 aliphatic carbocycles. The van der Waals surface area contributed by atoms with Crippen LogP contribution in [0, 0.1) is 5.82 Å². The van der Waals surface area contributed by atoms with Crippen molar-refractivity contribution in [3.63, 3.8) is 0 Å². The van der Waals surface area contributed by atoms with Crippen LogP contribution in [-0.2, 0) is 0 Å². The van der Waals surface area contributed by atoms with Crippen molar-refractivity contribution in [1.82, 2.24) is 15.5 Å². The number of rotatable bonds is 6. The van der Waals surface area contributed by atoms with Gasteiger partial charge in [0.25, 0.3) is 5.91 Å². The first-order valence-corrected chi connectivity index (χ1v) is 6.50. The number of aromatic amines is 1. The van der Waals surface area contributed by atoms with Crippen LogP contribution in [0.5, 0.6) is 0 Å². The summed E-state index contributed by atoms with van der Waals surface area (Å²) in [6, 6.07) is 6.26. The van der Waals surface area contributed by atoms with Crippen LogP contribution in [0.2, 0.25) is 0 Å². The Bertz CT molecular complexity index is 582. The maximum absolute atomic E-state index is 13.8. The van der Waals surface area contributed by atoms with E-state index >= 15 is 0 Å². The summed E-state index contributed by atoms with van der Waals surface area (Å²) < 4.78 is 13.8. The highest BCUT2D eigenvalue weighted by Gasteiger charge is 2.16. The topological polar surface area (TPSA) is 83.8 Å². The number of carbonyl (C=O) groups excluding carboxylic acids is 1. The summed E-state index contributed by atoms with van der Waals surface area (Å²) in [6.07, 6.45) is 3.07. The van der Waals surface area contributed by atoms with Gasteiger partial charge < -0.3 is 11.1 Å². The second kappa shape index (κ2) is 6.81. The lowest BCUT2D eigenvalue weighted by atomic mass is 10.1. The summed E-state index contributed by atoms with van der Waals surface area (Å²) in [4.78, 5) is 12.0. The van der Waals surface area contributed by atoms with Gasteiger partial charge in [-0.25, -0.2) is 4.39 Å². The van der Waals surface area contributed by atoms with E-state index in [4.69, 9.17) is 5.73 Å². The van der Waals surface area contributed by atoms with Gasteiger partial charge in [0.15, 0.2) is 0 Å². The Hall–Kier alpha value is -2.21. The number of H-pyrrole nitrogens is 1. The third-order valence-electron chi connectivity index (χ3n) is 2.94. The molecule has 0 bridgehead atoms. The van der Waals surface area contributed by atoms with E-state index in [-0.39, 0.29) is 5.91 Å². The maximum Gasteiger partial charge on any atom is 0.255 e. The van der Waals surface area contributed by atoms with Gasteiger partial charge in [-0.3, -0.25) is 9.89 Å². The van der Waals surface area contributed by atoms with Crippen LogP contribution in [0.25, 0.3) is 11.3 Å². The molecular weight excluding hydrogens is 259 g/mol. The Morgan fingerprint density at radius 1 is 1.35 bits per heavy atom. The van der Waals surface area contributed by atoms with Crippen molar-refractivity contribution in [2.45, 2.75) is 12.8 Å². The molecule has 20 heavy (non-hydrogen) atoms. The largest absolute Gasteiger partial charge is 0.352 e. The average Bonchev–Trinajstić information content (AvgIpc) is 2.93. The summed E-state index contributed by atoms with van der Waals surface area (Å²) in [5.41, 5.74) is 6.44. The maximum atomic E-state index is 13.8. The SMILES string of the molecule is NCCCCNC(=O)c1cn[nH]c1-c1ccccc1F. The predicted octanol–water partition coefficient (Wildman–Crippen LogP) is 1.68. The van der Waals surface area contributed by atoms with Crippen molar-refractivity contribution in [3.8, 4) is 11.3 Å². The summed E-state index contributed by atoms with van der Waals surface area (Å²) in [6.45, 7) is 1.14. The van der Waals surface area contributed by atoms with Crippen molar-refractivity contribution in [2.75, 3.05) is 13.1 Å². The third-order valence-corrected chi connectivity index (χ3v) is 2.94. The second-order valence-corrected chi connectivity index (χ2v) is 4.39. The molecule has 4 N–H and O–H groups in total. The number of unbranched alkanes of at least 4 members (excludes halogenated alkanes) is 1. The van der Waals surface area contributed by atoms with Crippen molar-refractivity contribution >= 4 is 5.91 Å². The van der Waals surface area contributed by atoms with Crippen LogP contribution in [0.4, 0.5) is 4.39 Å². The van der Waals surface area contributed by atoms with Crippen LogP contribution in [0.1, 0.15) is 23.2 Å². The number of benzene rings is 1. The molecule has 0 aliphatic rings. The molecule has 0 saturated carbocycles. The molecule has 1 heterocycles. The van der Waals surface area contributed by atoms with E-state index in [0.29, 0.717) is 29.9 Å². The molecule has 5 nitrogen and oxygen atoms in total. The van der Waals surface area contributed by atoms with Gasteiger partial charge in [-0.15, -0.1) is 0 Å². The molecule has 0 atom stereocenters. The van der Waals surface area contributed by atoms with Gasteiger partial charge >= 0.3 is 0 Å². The zero-order valence-corrected chi connectivity index (χ0v) is 11.0. The summed E-state index contributed by atoms with van der Waals surface area (Å²) >= 11 is 0. The van der Waals surface area contributed by atoms with Gasteiger partial charge in [0.1, 0.15) is 5.82 Å². The van der Waals surface area contributed by atoms with E-state index in [9.17, 15) is 9.18 Å². The molecule has 0 radical (unpaired) electrons. The number of hydrogen-bond donors (Lipinski definition) is 3. The standard InChI is InChI=1S/C14H17FN4O/c15-12-6-2-1-5-10(12)13-11(9-18-19-13)14(20)17-8-4-3-7-16/h1-2,5-6,9H,3-4,7-8,16H2,(H,17,20)(H,18,19). The molecule has 0 fully saturated rings. The molecule has 0 saturated heterocycles. The predicted molar refractivity (Wildman–Crippen MR) is 74.6 cm³/mol. The smallest absolute Gasteiger partial charge is 0.255 e. The molecule has 6 heteroatoms. The lowest BCUT2D eigenvalue weighted by Crippen LogP contribution is -2.25. The van der Waals surface area contributed by atoms with E-state index in [1.165, 1.54) is 12.3 Å². The number of aromatic nitrogens is 2. The molecular formula is C14H17FN4O. The molecule has 1 amide bonds. The molecule has 0 aliphatic heterocycles. The molecule has 1 aromatic carbocycles. The van der Waals surface area contributed by atoms with E-state index in [2.05, 4.69) is 15.5 Å². The van der Waals surface area contributed by atoms with E-state index in [0.717, 1.165) is 12.8 Å². The molecule has 0 unspecified atom stereocenters. The Morgan fingerprint density at radius 2 is 2.15 bits per heavy atom. The Balaban J connectivity index is 2.13. The first-order chi connectivity index (χ1) is 9.74. The molecule has 0 spiro atoms. The van der Waals surface area contributed by atoms with Crippen LogP contribution in [0.15, 0.2) is 30.5 Å². The highest BCUT2D eigenvalue weighted by molar-refractivity contribution is 5.99. The van der Waals surface area contributed by atoms with Gasteiger partial charge in [-0.1, -0.05) is 12.1 Å². The fourth-order valence-corrected chi connectivity index (χ4v) is 1.89. The van der Waals surface area contributed by atoms with Crippen LogP contribution in [0.3, 0.4) is 0 Å². The first kappa shape index (κ1) is 14.2. The Morgan fingerprint density at radius 3 is 2.90 bits per heavy atom. The summed E-state index contributed by atoms with van der Waals surface area (Å²) in [5, 5.41) is 9.28. The fraction of sp³-hybridized carbons (Fsp3) is 0.286. The highest BCUT2D eigenvalue weighted by atomic mass is 19.1. The molecule has 2 rings (SSSR count). The monoisotopic (exact) mass is 276 g/mol. The highest BCUT2D eigenvalue weighted by Crippen LogP contribution is 2.23. The molecule has 2 aromatic rings. The van der Waals surface area contributed by atoms with E-state index in [1.807, 2.05) is 0 Å². The Labute approximate surface area is 116 Å². The average molecular weight is 276 g/mol. The molecule has 1 aromatic heterocycles. The number of carbonyl (C=O) groups is 1. The van der Waals surface area contributed by atoms with Crippen molar-refractivity contribution in [3.05, 3.63) is 41.8 Å². The van der Waals surface area contributed by atoms with Crippen molar-refractivity contribution in [1.29, 1.82) is 0 Å². The minimum Gasteiger partial charge on any atom is -0.352 e. The Kier molecular flexibility index (Phi) is 4.84. The second-order valence-electron chi connectivity index (χ2n) is 4.39. The lowest BCUT2D eigenvalue weighted by molar-refractivity contribution is 0.0954. The normalized spacial score (nSPS) is 10.5. The number of nitrogens with zero attached hydrogens (tertiary/aromatic N) is 1. The van der Waals surface area contributed by atoms with Crippen LogP contribution >= 0.6 is 0 Å². The quantitative estimate of drug-likeness (QED) is 0.702. The van der Waals surface area contributed by atoms with Gasteiger partial charge in [-0.05, 0) is 31.5 Å². The van der Waals surface area contributed by atoms with E-state index in [1.54, 1.807) is 18.2 Å². The number of halogens is 1. The fourth-order valence-electron chi connectivity index (χ4n) is 1.89. The minimum absolute atomic E-state index is 0.269. The van der Waals surface area contributed by atoms with Crippen molar-refractivity contribution < 1.29 is 9.18 Å². The van der Waals surface area contributed by atoms with Crippen LogP contribution < -0.4 is 11.1 Å². The summed E-state index contributed by atoms with van der Waals surface area (Å²) in [5.74, 6) is -0.664. The zero-order valence-electron chi connectivity index (χ0n) is 11.0. The van der Waals surface area contributed by atoms with E-state index < -0.39 is 5.82 Å². The molecule has 106 valence electrons. The van der Waals surface area contributed by atoms with Gasteiger partial charge in [0.05, 0.1) is 17.5 Å². The number of amides is 1. The number of nitrogens with one attached hydrogen (secondary N) is 2. The number of hydrogen-bond acceptors (Lipinski definition) is 3. The minimum atomic E-state index is -0.395. The van der Waals surface area contributed by atoms with Gasteiger partial charge in [-0.2, -0.15) is 5.10 Å². The van der Waals surface area contributed by atoms with Crippen LogP contribution in [-0.4, -0.2) is 29.2 Å². The third kappa shape index (κ3) is 3.21. The van der Waals surface area contributed by atoms with Gasteiger partial charge in [0, 0.05) is 12.1 Å². The van der Waals surface area contributed by atoms with Crippen molar-refractivity contribution in [2.24, 2.45) is 5.73 Å². The summed E-state index contributed by atoms with van der Waals surface area (Å²) in [7, 11) is 0. The lowest BCUT2D eigenvalue weighted by Gasteiger charge is -2.06. The van der Waals surface area contributed by atoms with Gasteiger partial charge in [0.2, 0.25) is 0 Å². The zero-order chi connectivity index (χ0) is 14.4. The number of nitrogens with two attached hydrogens (primary N) is 1.